The zero-order valence-electron chi connectivity index (χ0n) is 14.3. The summed E-state index contributed by atoms with van der Waals surface area (Å²) >= 11 is 1.58. The van der Waals surface area contributed by atoms with E-state index in [0.717, 1.165) is 30.8 Å². The van der Waals surface area contributed by atoms with Crippen molar-refractivity contribution in [3.8, 4) is 0 Å². The largest absolute Gasteiger partial charge is 0.334 e. The van der Waals surface area contributed by atoms with E-state index in [-0.39, 0.29) is 36.8 Å². The van der Waals surface area contributed by atoms with E-state index in [4.69, 9.17) is 5.73 Å². The molecule has 1 amide bonds. The number of carbonyl (C=O) groups is 1. The van der Waals surface area contributed by atoms with Crippen molar-refractivity contribution in [1.82, 2.24) is 9.88 Å². The summed E-state index contributed by atoms with van der Waals surface area (Å²) in [6.45, 7) is 3.50. The predicted octanol–water partition coefficient (Wildman–Crippen LogP) is 3.58. The summed E-state index contributed by atoms with van der Waals surface area (Å²) in [7, 11) is 0. The number of nitrogens with two attached hydrogens (primary N) is 1. The van der Waals surface area contributed by atoms with Crippen LogP contribution in [-0.2, 0) is 12.8 Å². The highest BCUT2D eigenvalue weighted by atomic mass is 35.5. The molecule has 2 atom stereocenters. The number of hydrogen-bond donors (Lipinski definition) is 1. The van der Waals surface area contributed by atoms with E-state index in [9.17, 15) is 4.79 Å². The molecule has 0 aliphatic carbocycles. The summed E-state index contributed by atoms with van der Waals surface area (Å²) < 4.78 is 0. The fourth-order valence-electron chi connectivity index (χ4n) is 3.16. The van der Waals surface area contributed by atoms with Crippen molar-refractivity contribution in [1.29, 1.82) is 0 Å². The van der Waals surface area contributed by atoms with Gasteiger partial charge in [-0.15, -0.1) is 36.2 Å². The Bertz CT molecular complexity index is 665. The van der Waals surface area contributed by atoms with Gasteiger partial charge in [0, 0.05) is 24.4 Å². The van der Waals surface area contributed by atoms with Crippen LogP contribution in [0.3, 0.4) is 0 Å². The van der Waals surface area contributed by atoms with Crippen molar-refractivity contribution in [2.24, 2.45) is 11.7 Å². The number of aryl methyl sites for hydroxylation is 2. The molecule has 0 saturated carbocycles. The van der Waals surface area contributed by atoms with Gasteiger partial charge < -0.3 is 10.6 Å². The molecule has 0 spiro atoms. The number of halogens is 2. The minimum atomic E-state index is 0. The van der Waals surface area contributed by atoms with Crippen molar-refractivity contribution in [2.45, 2.75) is 32.2 Å². The third-order valence-electron chi connectivity index (χ3n) is 4.50. The van der Waals surface area contributed by atoms with Crippen molar-refractivity contribution < 1.29 is 4.79 Å². The van der Waals surface area contributed by atoms with Gasteiger partial charge in [-0.3, -0.25) is 4.79 Å². The Morgan fingerprint density at radius 2 is 2.00 bits per heavy atom. The molecule has 3 rings (SSSR count). The molecule has 2 aromatic rings. The first-order valence-corrected chi connectivity index (χ1v) is 9.04. The Morgan fingerprint density at radius 3 is 2.64 bits per heavy atom. The first-order valence-electron chi connectivity index (χ1n) is 8.16. The number of hydrogen-bond acceptors (Lipinski definition) is 4. The van der Waals surface area contributed by atoms with Crippen LogP contribution < -0.4 is 5.73 Å². The summed E-state index contributed by atoms with van der Waals surface area (Å²) in [6.07, 6.45) is 2.83. The average molecular weight is 402 g/mol. The number of rotatable bonds is 5. The standard InChI is InChI=1S/C18H23N3OS.2ClH/c1-13-9-15(10-19)11-21(13)18(22)16-12-23-17(20-16)8-7-14-5-3-2-4-6-14;;/h2-6,12-13,15H,7-11,19H2,1H3;2*1H. The first kappa shape index (κ1) is 21.9. The van der Waals surface area contributed by atoms with Gasteiger partial charge in [0.15, 0.2) is 0 Å². The molecule has 0 radical (unpaired) electrons. The Labute approximate surface area is 165 Å². The second-order valence-electron chi connectivity index (χ2n) is 6.26. The molecule has 1 aliphatic heterocycles. The summed E-state index contributed by atoms with van der Waals surface area (Å²) in [5.41, 5.74) is 7.63. The molecule has 4 nitrogen and oxygen atoms in total. The summed E-state index contributed by atoms with van der Waals surface area (Å²) in [5.74, 6) is 0.473. The van der Waals surface area contributed by atoms with E-state index in [1.165, 1.54) is 5.56 Å². The van der Waals surface area contributed by atoms with Gasteiger partial charge in [0.25, 0.3) is 5.91 Å². The second kappa shape index (κ2) is 10.1. The monoisotopic (exact) mass is 401 g/mol. The maximum atomic E-state index is 12.6. The van der Waals surface area contributed by atoms with Gasteiger partial charge in [0.2, 0.25) is 0 Å². The smallest absolute Gasteiger partial charge is 0.273 e. The molecule has 7 heteroatoms. The van der Waals surface area contributed by atoms with Crippen LogP contribution in [0.15, 0.2) is 35.7 Å². The molecule has 0 bridgehead atoms. The molecular weight excluding hydrogens is 377 g/mol. The second-order valence-corrected chi connectivity index (χ2v) is 7.20. The van der Waals surface area contributed by atoms with Crippen LogP contribution in [0.25, 0.3) is 0 Å². The molecule has 2 unspecified atom stereocenters. The molecule has 1 saturated heterocycles. The van der Waals surface area contributed by atoms with Crippen LogP contribution >= 0.6 is 36.2 Å². The fourth-order valence-corrected chi connectivity index (χ4v) is 3.94. The third-order valence-corrected chi connectivity index (χ3v) is 5.41. The molecular formula is C18H25Cl2N3OS. The zero-order valence-corrected chi connectivity index (χ0v) is 16.7. The zero-order chi connectivity index (χ0) is 16.2. The van der Waals surface area contributed by atoms with Crippen molar-refractivity contribution in [3.63, 3.8) is 0 Å². The van der Waals surface area contributed by atoms with Gasteiger partial charge in [-0.1, -0.05) is 30.3 Å². The van der Waals surface area contributed by atoms with Crippen LogP contribution in [0.1, 0.15) is 34.4 Å². The highest BCUT2D eigenvalue weighted by Gasteiger charge is 2.32. The number of carbonyl (C=O) groups excluding carboxylic acids is 1. The first-order chi connectivity index (χ1) is 11.2. The number of amides is 1. The van der Waals surface area contributed by atoms with E-state index in [2.05, 4.69) is 36.2 Å². The van der Waals surface area contributed by atoms with Gasteiger partial charge >= 0.3 is 0 Å². The van der Waals surface area contributed by atoms with Crippen molar-refractivity contribution in [3.05, 3.63) is 52.0 Å². The molecule has 138 valence electrons. The molecule has 1 aromatic heterocycles. The minimum Gasteiger partial charge on any atom is -0.334 e. The lowest BCUT2D eigenvalue weighted by molar-refractivity contribution is 0.0738. The third kappa shape index (κ3) is 5.42. The molecule has 1 aromatic carbocycles. The summed E-state index contributed by atoms with van der Waals surface area (Å²) in [5, 5.41) is 2.92. The van der Waals surface area contributed by atoms with Gasteiger partial charge in [-0.05, 0) is 37.8 Å². The van der Waals surface area contributed by atoms with E-state index in [1.807, 2.05) is 16.3 Å². The quantitative estimate of drug-likeness (QED) is 0.832. The van der Waals surface area contributed by atoms with Crippen LogP contribution in [0.5, 0.6) is 0 Å². The highest BCUT2D eigenvalue weighted by Crippen LogP contribution is 2.24. The summed E-state index contributed by atoms with van der Waals surface area (Å²) in [4.78, 5) is 19.1. The fraction of sp³-hybridized carbons (Fsp3) is 0.444. The van der Waals surface area contributed by atoms with Crippen molar-refractivity contribution >= 4 is 42.1 Å². The van der Waals surface area contributed by atoms with Gasteiger partial charge in [0.1, 0.15) is 5.69 Å². The number of thiazole rings is 1. The number of nitrogens with zero attached hydrogens (tertiary/aromatic N) is 2. The molecule has 2 N–H and O–H groups in total. The topological polar surface area (TPSA) is 59.2 Å². The van der Waals surface area contributed by atoms with Gasteiger partial charge in [-0.2, -0.15) is 0 Å². The van der Waals surface area contributed by atoms with Crippen LogP contribution in [-0.4, -0.2) is 34.9 Å². The number of aromatic nitrogens is 1. The Morgan fingerprint density at radius 1 is 1.28 bits per heavy atom. The lowest BCUT2D eigenvalue weighted by atomic mass is 10.1. The van der Waals surface area contributed by atoms with E-state index in [0.29, 0.717) is 18.2 Å². The van der Waals surface area contributed by atoms with Crippen molar-refractivity contribution in [2.75, 3.05) is 13.1 Å². The maximum absolute atomic E-state index is 12.6. The van der Waals surface area contributed by atoms with Crippen LogP contribution in [0.4, 0.5) is 0 Å². The number of benzene rings is 1. The van der Waals surface area contributed by atoms with Gasteiger partial charge in [0.05, 0.1) is 5.01 Å². The Balaban J connectivity index is 0.00000156. The number of likely N-dealkylation sites (tertiary alicyclic amines) is 1. The lowest BCUT2D eigenvalue weighted by Gasteiger charge is -2.20. The molecule has 2 heterocycles. The lowest BCUT2D eigenvalue weighted by Crippen LogP contribution is -2.34. The summed E-state index contributed by atoms with van der Waals surface area (Å²) in [6, 6.07) is 10.6. The normalized spacial score (nSPS) is 19.2. The van der Waals surface area contributed by atoms with E-state index in [1.54, 1.807) is 11.3 Å². The van der Waals surface area contributed by atoms with Crippen LogP contribution in [0.2, 0.25) is 0 Å². The van der Waals surface area contributed by atoms with Gasteiger partial charge in [-0.25, -0.2) is 4.98 Å². The molecule has 1 aliphatic rings. The van der Waals surface area contributed by atoms with Crippen LogP contribution in [0, 0.1) is 5.92 Å². The molecule has 25 heavy (non-hydrogen) atoms. The molecule has 1 fully saturated rings. The van der Waals surface area contributed by atoms with E-state index >= 15 is 0 Å². The highest BCUT2D eigenvalue weighted by molar-refractivity contribution is 7.09. The Hall–Kier alpha value is -1.14. The van der Waals surface area contributed by atoms with E-state index < -0.39 is 0 Å². The predicted molar refractivity (Wildman–Crippen MR) is 108 cm³/mol. The SMILES string of the molecule is CC1CC(CN)CN1C(=O)c1csc(CCc2ccccc2)n1.Cl.Cl. The maximum Gasteiger partial charge on any atom is 0.273 e. The average Bonchev–Trinajstić information content (AvgIpc) is 3.20. The minimum absolute atomic E-state index is 0. The Kier molecular flexibility index (Phi) is 8.86.